The molecule has 0 saturated heterocycles. The van der Waals surface area contributed by atoms with E-state index in [-0.39, 0.29) is 21.6 Å². The van der Waals surface area contributed by atoms with Gasteiger partial charge in [-0.3, -0.25) is 4.79 Å². The van der Waals surface area contributed by atoms with E-state index in [1.165, 1.54) is 30.3 Å². The second-order valence-electron chi connectivity index (χ2n) is 4.76. The van der Waals surface area contributed by atoms with Gasteiger partial charge in [-0.15, -0.1) is 0 Å². The van der Waals surface area contributed by atoms with Crippen molar-refractivity contribution in [3.63, 3.8) is 0 Å². The smallest absolute Gasteiger partial charge is 0.298 e. The van der Waals surface area contributed by atoms with Gasteiger partial charge >= 0.3 is 6.18 Å². The fourth-order valence-corrected chi connectivity index (χ4v) is 2.62. The molecular weight excluding hydrogens is 317 g/mol. The van der Waals surface area contributed by atoms with Crippen LogP contribution >= 0.6 is 0 Å². The molecule has 0 aliphatic carbocycles. The maximum atomic E-state index is 12.9. The Hall–Kier alpha value is -2.15. The normalized spacial score (nSPS) is 12.2. The van der Waals surface area contributed by atoms with E-state index in [9.17, 15) is 26.4 Å². The Bertz CT molecular complexity index is 824. The van der Waals surface area contributed by atoms with Gasteiger partial charge in [0.15, 0.2) is 9.84 Å². The van der Waals surface area contributed by atoms with Gasteiger partial charge in [-0.1, -0.05) is 12.1 Å². The van der Waals surface area contributed by atoms with Crippen LogP contribution < -0.4 is 0 Å². The van der Waals surface area contributed by atoms with Crippen LogP contribution in [0.4, 0.5) is 13.2 Å². The number of carbonyl (C=O) groups excluding carboxylic acids is 1. The second kappa shape index (κ2) is 5.57. The van der Waals surface area contributed by atoms with Gasteiger partial charge in [-0.2, -0.15) is 13.2 Å². The Balaban J connectivity index is 2.65. The molecule has 0 atom stereocenters. The summed E-state index contributed by atoms with van der Waals surface area (Å²) in [6.45, 7) is 0. The van der Waals surface area contributed by atoms with Gasteiger partial charge in [0.05, 0.1) is 10.5 Å². The Kier molecular flexibility index (Phi) is 4.10. The monoisotopic (exact) mass is 328 g/mol. The molecule has 116 valence electrons. The van der Waals surface area contributed by atoms with Gasteiger partial charge in [-0.05, 0) is 41.5 Å². The van der Waals surface area contributed by atoms with Crippen molar-refractivity contribution >= 4 is 16.1 Å². The van der Waals surface area contributed by atoms with Crippen molar-refractivity contribution < 1.29 is 26.4 Å². The van der Waals surface area contributed by atoms with Crippen LogP contribution in [0, 0.1) is 0 Å². The number of benzene rings is 2. The molecule has 0 radical (unpaired) electrons. The fourth-order valence-electron chi connectivity index (χ4n) is 1.96. The number of halogens is 3. The lowest BCUT2D eigenvalue weighted by Crippen LogP contribution is -2.06. The summed E-state index contributed by atoms with van der Waals surface area (Å²) in [5, 5.41) is 0. The summed E-state index contributed by atoms with van der Waals surface area (Å²) in [5.41, 5.74) is -0.675. The van der Waals surface area contributed by atoms with Crippen molar-refractivity contribution in [1.82, 2.24) is 0 Å². The molecule has 0 amide bonds. The molecule has 0 spiro atoms. The maximum absolute atomic E-state index is 12.9. The van der Waals surface area contributed by atoms with E-state index in [1.807, 2.05) is 0 Å². The van der Waals surface area contributed by atoms with Crippen LogP contribution in [0.3, 0.4) is 0 Å². The number of alkyl halides is 3. The largest absolute Gasteiger partial charge is 0.416 e. The average molecular weight is 328 g/mol. The van der Waals surface area contributed by atoms with Crippen molar-refractivity contribution in [1.29, 1.82) is 0 Å². The SMILES string of the molecule is CS(=O)(=O)c1cccc(-c2cc(C=O)cc(C(F)(F)F)c2)c1. The number of hydrogen-bond donors (Lipinski definition) is 0. The molecule has 3 nitrogen and oxygen atoms in total. The summed E-state index contributed by atoms with van der Waals surface area (Å²) in [6.07, 6.45) is -3.27. The van der Waals surface area contributed by atoms with E-state index in [2.05, 4.69) is 0 Å². The van der Waals surface area contributed by atoms with Gasteiger partial charge in [-0.25, -0.2) is 8.42 Å². The third-order valence-electron chi connectivity index (χ3n) is 3.01. The zero-order chi connectivity index (χ0) is 16.5. The van der Waals surface area contributed by atoms with Crippen molar-refractivity contribution in [2.24, 2.45) is 0 Å². The number of hydrogen-bond acceptors (Lipinski definition) is 3. The quantitative estimate of drug-likeness (QED) is 0.809. The summed E-state index contributed by atoms with van der Waals surface area (Å²) in [7, 11) is -3.48. The summed E-state index contributed by atoms with van der Waals surface area (Å²) in [6, 6.07) is 8.47. The lowest BCUT2D eigenvalue weighted by Gasteiger charge is -2.11. The minimum Gasteiger partial charge on any atom is -0.298 e. The summed E-state index contributed by atoms with van der Waals surface area (Å²) in [5.74, 6) is 0. The van der Waals surface area contributed by atoms with Crippen molar-refractivity contribution in [3.05, 3.63) is 53.6 Å². The van der Waals surface area contributed by atoms with Crippen LogP contribution in [0.1, 0.15) is 15.9 Å². The van der Waals surface area contributed by atoms with Crippen molar-refractivity contribution in [2.45, 2.75) is 11.1 Å². The van der Waals surface area contributed by atoms with Crippen LogP contribution in [0.25, 0.3) is 11.1 Å². The zero-order valence-corrected chi connectivity index (χ0v) is 12.2. The summed E-state index contributed by atoms with van der Waals surface area (Å²) >= 11 is 0. The van der Waals surface area contributed by atoms with Crippen LogP contribution in [0.2, 0.25) is 0 Å². The third kappa shape index (κ3) is 3.54. The standard InChI is InChI=1S/C15H11F3O3S/c1-22(20,21)14-4-2-3-11(8-14)12-5-10(9-19)6-13(7-12)15(16,17)18/h2-9H,1H3. The third-order valence-corrected chi connectivity index (χ3v) is 4.12. The first-order valence-electron chi connectivity index (χ1n) is 6.09. The number of carbonyl (C=O) groups is 1. The molecule has 22 heavy (non-hydrogen) atoms. The van der Waals surface area contributed by atoms with Gasteiger partial charge in [0, 0.05) is 11.8 Å². The van der Waals surface area contributed by atoms with Crippen LogP contribution in [0.15, 0.2) is 47.4 Å². The van der Waals surface area contributed by atoms with E-state index < -0.39 is 21.6 Å². The lowest BCUT2D eigenvalue weighted by molar-refractivity contribution is -0.137. The Morgan fingerprint density at radius 3 is 2.23 bits per heavy atom. The minimum absolute atomic E-state index is 0.00457. The van der Waals surface area contributed by atoms with Crippen molar-refractivity contribution in [3.8, 4) is 11.1 Å². The summed E-state index contributed by atoms with van der Waals surface area (Å²) < 4.78 is 61.6. The topological polar surface area (TPSA) is 51.2 Å². The first-order chi connectivity index (χ1) is 10.1. The highest BCUT2D eigenvalue weighted by Gasteiger charge is 2.31. The molecule has 0 aliphatic rings. The molecule has 0 N–H and O–H groups in total. The Morgan fingerprint density at radius 2 is 1.68 bits per heavy atom. The molecule has 2 rings (SSSR count). The Labute approximate surface area is 125 Å². The average Bonchev–Trinajstić information content (AvgIpc) is 2.45. The highest BCUT2D eigenvalue weighted by atomic mass is 32.2. The zero-order valence-electron chi connectivity index (χ0n) is 11.4. The van der Waals surface area contributed by atoms with Crippen LogP contribution in [0.5, 0.6) is 0 Å². The number of rotatable bonds is 3. The molecule has 2 aromatic rings. The molecule has 0 aromatic heterocycles. The van der Waals surface area contributed by atoms with Gasteiger partial charge in [0.25, 0.3) is 0 Å². The van der Waals surface area contributed by atoms with Gasteiger partial charge < -0.3 is 0 Å². The molecule has 2 aromatic carbocycles. The molecule has 0 saturated carbocycles. The van der Waals surface area contributed by atoms with E-state index in [4.69, 9.17) is 0 Å². The summed E-state index contributed by atoms with van der Waals surface area (Å²) in [4.78, 5) is 10.8. The molecule has 0 fully saturated rings. The maximum Gasteiger partial charge on any atom is 0.416 e. The van der Waals surface area contributed by atoms with Crippen molar-refractivity contribution in [2.75, 3.05) is 6.26 Å². The minimum atomic E-state index is -4.60. The second-order valence-corrected chi connectivity index (χ2v) is 6.78. The molecule has 7 heteroatoms. The predicted octanol–water partition coefficient (Wildman–Crippen LogP) is 3.59. The fraction of sp³-hybridized carbons (Fsp3) is 0.133. The molecule has 0 bridgehead atoms. The first-order valence-corrected chi connectivity index (χ1v) is 7.98. The lowest BCUT2D eigenvalue weighted by atomic mass is 10.00. The van der Waals surface area contributed by atoms with E-state index >= 15 is 0 Å². The molecule has 0 unspecified atom stereocenters. The van der Waals surface area contributed by atoms with Gasteiger partial charge in [0.1, 0.15) is 6.29 Å². The van der Waals surface area contributed by atoms with Crippen LogP contribution in [-0.4, -0.2) is 21.0 Å². The molecular formula is C15H11F3O3S. The molecule has 0 aliphatic heterocycles. The number of sulfone groups is 1. The van der Waals surface area contributed by atoms with Crippen LogP contribution in [-0.2, 0) is 16.0 Å². The van der Waals surface area contributed by atoms with Gasteiger partial charge in [0.2, 0.25) is 0 Å². The molecule has 0 heterocycles. The van der Waals surface area contributed by atoms with E-state index in [0.717, 1.165) is 18.4 Å². The first kappa shape index (κ1) is 16.2. The number of aldehydes is 1. The predicted molar refractivity (Wildman–Crippen MR) is 75.4 cm³/mol. The highest BCUT2D eigenvalue weighted by Crippen LogP contribution is 2.33. The Morgan fingerprint density at radius 1 is 1.00 bits per heavy atom. The van der Waals surface area contributed by atoms with E-state index in [0.29, 0.717) is 6.29 Å². The van der Waals surface area contributed by atoms with E-state index in [1.54, 1.807) is 0 Å². The highest BCUT2D eigenvalue weighted by molar-refractivity contribution is 7.90.